The number of hydrogen-bond donors (Lipinski definition) is 2. The van der Waals surface area contributed by atoms with Crippen LogP contribution in [0.4, 0.5) is 0 Å². The van der Waals surface area contributed by atoms with Gasteiger partial charge in [0.1, 0.15) is 36.4 Å². The topological polar surface area (TPSA) is 82.3 Å². The first-order chi connectivity index (χ1) is 19.4. The molecule has 40 heavy (non-hydrogen) atoms. The summed E-state index contributed by atoms with van der Waals surface area (Å²) in [7, 11) is 7.96. The summed E-state index contributed by atoms with van der Waals surface area (Å²) in [6, 6.07) is 19.8. The van der Waals surface area contributed by atoms with Gasteiger partial charge in [-0.2, -0.15) is 0 Å². The van der Waals surface area contributed by atoms with E-state index < -0.39 is 0 Å². The molecule has 0 bridgehead atoms. The Morgan fingerprint density at radius 3 is 1.43 bits per heavy atom. The molecule has 2 aromatic heterocycles. The van der Waals surface area contributed by atoms with Crippen molar-refractivity contribution in [2.45, 2.75) is 0 Å². The smallest absolute Gasteiger partial charge is 0.149 e. The van der Waals surface area contributed by atoms with E-state index in [0.29, 0.717) is 26.3 Å². The van der Waals surface area contributed by atoms with E-state index in [1.165, 1.54) is 0 Å². The maximum Gasteiger partial charge on any atom is 0.149 e. The van der Waals surface area contributed by atoms with Crippen LogP contribution >= 0.6 is 0 Å². The third-order valence-electron chi connectivity index (χ3n) is 6.00. The Morgan fingerprint density at radius 1 is 0.600 bits per heavy atom. The first-order valence-electron chi connectivity index (χ1n) is 13.0. The Bertz CT molecular complexity index is 1600. The van der Waals surface area contributed by atoms with Gasteiger partial charge in [0.25, 0.3) is 0 Å². The number of ether oxygens (including phenoxy) is 2. The zero-order valence-electron chi connectivity index (χ0n) is 23.2. The van der Waals surface area contributed by atoms with E-state index in [2.05, 4.69) is 33.6 Å². The highest BCUT2D eigenvalue weighted by Crippen LogP contribution is 2.27. The first kappa shape index (κ1) is 26.8. The number of H-pyrrole nitrogens is 2. The Kier molecular flexibility index (Phi) is 8.32. The number of benzene rings is 3. The minimum Gasteiger partial charge on any atom is -0.481 e. The second-order valence-electron chi connectivity index (χ2n) is 9.87. The standard InChI is InChI=1S/C32H32N6O2/c1-37(2)17-5-7-19-39-25-13-15-27-29(21-25)35-31(33-27)23-9-11-24(12-10-23)32-34-28-16-14-26(22-30(28)36-32)40-20-8-6-18-38(3)4/h9-16,21-22H,17-20H2,1-4H3,(H,33,35)(H,34,36). The Hall–Kier alpha value is -4.76. The zero-order chi connectivity index (χ0) is 27.9. The number of nitrogens with one attached hydrogen (secondary N) is 2. The summed E-state index contributed by atoms with van der Waals surface area (Å²) in [6.07, 6.45) is 0. The molecular weight excluding hydrogens is 500 g/mol. The van der Waals surface area contributed by atoms with E-state index in [9.17, 15) is 0 Å². The lowest BCUT2D eigenvalue weighted by atomic mass is 10.1. The number of hydrogen-bond acceptors (Lipinski definition) is 6. The fourth-order valence-electron chi connectivity index (χ4n) is 3.99. The van der Waals surface area contributed by atoms with Crippen LogP contribution in [-0.4, -0.2) is 84.2 Å². The fraction of sp³-hybridized carbons (Fsp3) is 0.250. The van der Waals surface area contributed by atoms with Crippen molar-refractivity contribution in [3.63, 3.8) is 0 Å². The number of fused-ring (bicyclic) bond motifs is 2. The third kappa shape index (κ3) is 6.81. The first-order valence-corrected chi connectivity index (χ1v) is 13.0. The molecule has 0 saturated carbocycles. The number of aromatic amines is 2. The second-order valence-corrected chi connectivity index (χ2v) is 9.87. The van der Waals surface area contributed by atoms with E-state index in [1.54, 1.807) is 0 Å². The molecule has 0 aliphatic carbocycles. The zero-order valence-corrected chi connectivity index (χ0v) is 23.2. The van der Waals surface area contributed by atoms with Gasteiger partial charge in [-0.25, -0.2) is 9.97 Å². The number of aromatic nitrogens is 4. The summed E-state index contributed by atoms with van der Waals surface area (Å²) >= 11 is 0. The van der Waals surface area contributed by atoms with Crippen LogP contribution in [0.1, 0.15) is 0 Å². The van der Waals surface area contributed by atoms with Gasteiger partial charge in [0.05, 0.1) is 35.2 Å². The minimum atomic E-state index is 0.351. The van der Waals surface area contributed by atoms with Crippen LogP contribution in [0.15, 0.2) is 60.7 Å². The molecule has 8 nitrogen and oxygen atoms in total. The van der Waals surface area contributed by atoms with Crippen LogP contribution in [0.2, 0.25) is 0 Å². The maximum absolute atomic E-state index is 5.78. The van der Waals surface area contributed by atoms with Gasteiger partial charge in [0.2, 0.25) is 0 Å². The normalized spacial score (nSPS) is 10.9. The molecule has 0 radical (unpaired) electrons. The van der Waals surface area contributed by atoms with Crippen molar-refractivity contribution in [2.75, 3.05) is 54.5 Å². The van der Waals surface area contributed by atoms with Crippen molar-refractivity contribution in [3.05, 3.63) is 60.7 Å². The third-order valence-corrected chi connectivity index (χ3v) is 6.00. The number of nitrogens with zero attached hydrogens (tertiary/aromatic N) is 4. The van der Waals surface area contributed by atoms with Gasteiger partial charge < -0.3 is 19.4 Å². The van der Waals surface area contributed by atoms with E-state index in [4.69, 9.17) is 19.4 Å². The summed E-state index contributed by atoms with van der Waals surface area (Å²) in [5.41, 5.74) is 5.56. The Labute approximate surface area is 234 Å². The molecule has 8 heteroatoms. The summed E-state index contributed by atoms with van der Waals surface area (Å²) in [6.45, 7) is 2.13. The van der Waals surface area contributed by atoms with E-state index in [-0.39, 0.29) is 0 Å². The van der Waals surface area contributed by atoms with Crippen molar-refractivity contribution in [3.8, 4) is 58.0 Å². The predicted molar refractivity (Wildman–Crippen MR) is 160 cm³/mol. The number of rotatable bonds is 8. The van der Waals surface area contributed by atoms with E-state index in [1.807, 2.05) is 98.7 Å². The molecule has 2 heterocycles. The monoisotopic (exact) mass is 532 g/mol. The van der Waals surface area contributed by atoms with E-state index >= 15 is 0 Å². The van der Waals surface area contributed by atoms with Gasteiger partial charge in [-0.3, -0.25) is 9.80 Å². The van der Waals surface area contributed by atoms with Crippen LogP contribution in [0.5, 0.6) is 11.5 Å². The van der Waals surface area contributed by atoms with Crippen LogP contribution < -0.4 is 9.47 Å². The largest absolute Gasteiger partial charge is 0.481 e. The van der Waals surface area contributed by atoms with Crippen LogP contribution in [0, 0.1) is 23.7 Å². The average molecular weight is 533 g/mol. The van der Waals surface area contributed by atoms with Gasteiger partial charge in [-0.05, 0) is 52.5 Å². The highest BCUT2D eigenvalue weighted by molar-refractivity contribution is 5.82. The molecule has 2 N–H and O–H groups in total. The van der Waals surface area contributed by atoms with E-state index in [0.717, 1.165) is 56.3 Å². The maximum atomic E-state index is 5.78. The Balaban J connectivity index is 1.25. The molecule has 3 aromatic carbocycles. The second kappa shape index (κ2) is 12.4. The van der Waals surface area contributed by atoms with Gasteiger partial charge in [0, 0.05) is 23.3 Å². The lowest BCUT2D eigenvalue weighted by Crippen LogP contribution is -2.11. The van der Waals surface area contributed by atoms with Crippen molar-refractivity contribution in [1.82, 2.24) is 29.7 Å². The predicted octanol–water partition coefficient (Wildman–Crippen LogP) is 4.66. The molecule has 0 spiro atoms. The molecule has 0 amide bonds. The summed E-state index contributed by atoms with van der Waals surface area (Å²) < 4.78 is 11.6. The fourth-order valence-corrected chi connectivity index (χ4v) is 3.99. The average Bonchev–Trinajstić information content (AvgIpc) is 3.56. The molecule has 0 aliphatic rings. The molecule has 0 fully saturated rings. The quantitative estimate of drug-likeness (QED) is 0.283. The van der Waals surface area contributed by atoms with Gasteiger partial charge in [-0.15, -0.1) is 0 Å². The van der Waals surface area contributed by atoms with Crippen molar-refractivity contribution in [2.24, 2.45) is 0 Å². The molecule has 0 unspecified atom stereocenters. The molecule has 0 atom stereocenters. The van der Waals surface area contributed by atoms with Crippen molar-refractivity contribution in [1.29, 1.82) is 0 Å². The van der Waals surface area contributed by atoms with Crippen LogP contribution in [0.25, 0.3) is 44.8 Å². The molecule has 0 saturated heterocycles. The minimum absolute atomic E-state index is 0.351. The van der Waals surface area contributed by atoms with Gasteiger partial charge >= 0.3 is 0 Å². The molecule has 5 rings (SSSR count). The van der Waals surface area contributed by atoms with Gasteiger partial charge in [0.15, 0.2) is 0 Å². The number of imidazole rings is 2. The van der Waals surface area contributed by atoms with Crippen LogP contribution in [0.3, 0.4) is 0 Å². The summed E-state index contributed by atoms with van der Waals surface area (Å²) in [5.74, 6) is 15.3. The molecule has 0 aliphatic heterocycles. The molecule has 5 aromatic rings. The lowest BCUT2D eigenvalue weighted by Gasteiger charge is -2.02. The van der Waals surface area contributed by atoms with Crippen molar-refractivity contribution >= 4 is 22.1 Å². The SMILES string of the molecule is CN(C)CC#CCOc1ccc2nc(-c3ccc(-c4nc5ccc(OCC#CCN(C)C)cc5[nH]4)cc3)[nH]c2c1. The highest BCUT2D eigenvalue weighted by Gasteiger charge is 2.10. The summed E-state index contributed by atoms with van der Waals surface area (Å²) in [5, 5.41) is 0. The van der Waals surface area contributed by atoms with Crippen LogP contribution in [-0.2, 0) is 0 Å². The van der Waals surface area contributed by atoms with Crippen molar-refractivity contribution < 1.29 is 9.47 Å². The summed E-state index contributed by atoms with van der Waals surface area (Å²) in [4.78, 5) is 20.3. The Morgan fingerprint density at radius 2 is 1.02 bits per heavy atom. The molecule has 202 valence electrons. The lowest BCUT2D eigenvalue weighted by molar-refractivity contribution is 0.370. The molecular formula is C32H32N6O2. The van der Waals surface area contributed by atoms with Gasteiger partial charge in [-0.1, -0.05) is 47.9 Å². The highest BCUT2D eigenvalue weighted by atomic mass is 16.5.